The van der Waals surface area contributed by atoms with Crippen LogP contribution in [0.2, 0.25) is 5.02 Å². The van der Waals surface area contributed by atoms with Crippen LogP contribution in [0, 0.1) is 13.8 Å². The van der Waals surface area contributed by atoms with Gasteiger partial charge in [-0.05, 0) is 50.2 Å². The Kier molecular flexibility index (Phi) is 4.57. The highest BCUT2D eigenvalue weighted by molar-refractivity contribution is 6.33. The highest BCUT2D eigenvalue weighted by Gasteiger charge is 2.15. The minimum Gasteiger partial charge on any atom is -0.478 e. The summed E-state index contributed by atoms with van der Waals surface area (Å²) in [5, 5.41) is 9.54. The number of aromatic nitrogens is 1. The fourth-order valence-electron chi connectivity index (χ4n) is 3.24. The predicted molar refractivity (Wildman–Crippen MR) is 107 cm³/mol. The second kappa shape index (κ2) is 7.05. The third-order valence-corrected chi connectivity index (χ3v) is 4.95. The molecule has 0 spiro atoms. The molecule has 28 heavy (non-hydrogen) atoms. The predicted octanol–water partition coefficient (Wildman–Crippen LogP) is 4.93. The molecule has 1 aliphatic rings. The first kappa shape index (κ1) is 18.1. The van der Waals surface area contributed by atoms with Crippen LogP contribution in [-0.2, 0) is 0 Å². The zero-order valence-corrected chi connectivity index (χ0v) is 16.0. The normalized spacial score (nSPS) is 12.7. The van der Waals surface area contributed by atoms with Gasteiger partial charge in [0.05, 0.1) is 16.3 Å². The molecule has 0 unspecified atom stereocenters. The topological polar surface area (TPSA) is 73.0 Å². The van der Waals surface area contributed by atoms with E-state index in [1.54, 1.807) is 24.4 Å². The van der Waals surface area contributed by atoms with Crippen molar-refractivity contribution >= 4 is 29.5 Å². The molecular formula is C21H17ClN2O4. The lowest BCUT2D eigenvalue weighted by molar-refractivity contribution is 0.0697. The lowest BCUT2D eigenvalue weighted by Crippen LogP contribution is -2.03. The van der Waals surface area contributed by atoms with Gasteiger partial charge in [-0.25, -0.2) is 4.79 Å². The van der Waals surface area contributed by atoms with Crippen molar-refractivity contribution in [2.24, 2.45) is 4.99 Å². The minimum absolute atomic E-state index is 0.0715. The van der Waals surface area contributed by atoms with E-state index in [4.69, 9.17) is 21.1 Å². The number of hydrogen-bond donors (Lipinski definition) is 1. The average Bonchev–Trinajstić information content (AvgIpc) is 3.24. The Hall–Kier alpha value is -3.25. The van der Waals surface area contributed by atoms with Crippen molar-refractivity contribution in [3.8, 4) is 17.2 Å². The van der Waals surface area contributed by atoms with E-state index in [1.807, 2.05) is 42.7 Å². The molecule has 0 saturated heterocycles. The summed E-state index contributed by atoms with van der Waals surface area (Å²) in [6.07, 6.45) is 1.78. The fourth-order valence-corrected chi connectivity index (χ4v) is 3.44. The summed E-state index contributed by atoms with van der Waals surface area (Å²) in [5.74, 6) is 0.343. The van der Waals surface area contributed by atoms with E-state index in [0.717, 1.165) is 28.3 Å². The number of halogens is 1. The Balaban J connectivity index is 1.68. The Labute approximate surface area is 166 Å². The summed E-state index contributed by atoms with van der Waals surface area (Å²) in [6.45, 7) is 4.14. The second-order valence-electron chi connectivity index (χ2n) is 6.43. The quantitative estimate of drug-likeness (QED) is 0.635. The fraction of sp³-hybridized carbons (Fsp3) is 0.143. The maximum Gasteiger partial charge on any atom is 0.337 e. The first-order valence-corrected chi connectivity index (χ1v) is 8.97. The number of benzene rings is 2. The molecule has 0 amide bonds. The number of fused-ring (bicyclic) bond motifs is 1. The number of aliphatic imine (C=N–C) groups is 1. The maximum absolute atomic E-state index is 11.4. The Morgan fingerprint density at radius 2 is 1.93 bits per heavy atom. The number of aromatic carboxylic acids is 1. The van der Waals surface area contributed by atoms with Crippen LogP contribution in [0.5, 0.6) is 11.5 Å². The van der Waals surface area contributed by atoms with Crippen LogP contribution in [0.4, 0.5) is 5.69 Å². The summed E-state index contributed by atoms with van der Waals surface area (Å²) >= 11 is 5.99. The highest BCUT2D eigenvalue weighted by Crippen LogP contribution is 2.35. The first-order chi connectivity index (χ1) is 13.4. The van der Waals surface area contributed by atoms with Gasteiger partial charge in [0.1, 0.15) is 0 Å². The molecule has 4 rings (SSSR count). The minimum atomic E-state index is -1.06. The third-order valence-electron chi connectivity index (χ3n) is 4.62. The van der Waals surface area contributed by atoms with Crippen molar-refractivity contribution < 1.29 is 19.4 Å². The van der Waals surface area contributed by atoms with Crippen LogP contribution in [0.3, 0.4) is 0 Å². The number of carbonyl (C=O) groups is 1. The summed E-state index contributed by atoms with van der Waals surface area (Å²) in [7, 11) is 0. The van der Waals surface area contributed by atoms with Crippen molar-refractivity contribution in [1.82, 2.24) is 4.57 Å². The molecule has 2 heterocycles. The Bertz CT molecular complexity index is 1120. The molecule has 0 atom stereocenters. The average molecular weight is 397 g/mol. The van der Waals surface area contributed by atoms with Crippen molar-refractivity contribution in [2.75, 3.05) is 6.79 Å². The molecule has 7 heteroatoms. The second-order valence-corrected chi connectivity index (χ2v) is 6.83. The van der Waals surface area contributed by atoms with E-state index in [9.17, 15) is 9.90 Å². The van der Waals surface area contributed by atoms with Crippen LogP contribution >= 0.6 is 11.6 Å². The van der Waals surface area contributed by atoms with Crippen molar-refractivity contribution in [3.05, 3.63) is 70.0 Å². The van der Waals surface area contributed by atoms with E-state index >= 15 is 0 Å². The highest BCUT2D eigenvalue weighted by atomic mass is 35.5. The van der Waals surface area contributed by atoms with Gasteiger partial charge in [0.2, 0.25) is 6.79 Å². The lowest BCUT2D eigenvalue weighted by Gasteiger charge is -2.11. The number of aryl methyl sites for hydroxylation is 1. The molecule has 2 aromatic carbocycles. The summed E-state index contributed by atoms with van der Waals surface area (Å²) < 4.78 is 12.7. The van der Waals surface area contributed by atoms with Gasteiger partial charge in [-0.3, -0.25) is 4.99 Å². The number of hydrogen-bond acceptors (Lipinski definition) is 4. The van der Waals surface area contributed by atoms with Gasteiger partial charge in [0, 0.05) is 34.9 Å². The smallest absolute Gasteiger partial charge is 0.337 e. The van der Waals surface area contributed by atoms with Crippen molar-refractivity contribution in [1.29, 1.82) is 0 Å². The zero-order chi connectivity index (χ0) is 19.8. The number of rotatable bonds is 4. The van der Waals surface area contributed by atoms with E-state index in [2.05, 4.69) is 4.99 Å². The van der Waals surface area contributed by atoms with Gasteiger partial charge < -0.3 is 19.1 Å². The van der Waals surface area contributed by atoms with Crippen molar-refractivity contribution in [3.63, 3.8) is 0 Å². The van der Waals surface area contributed by atoms with Gasteiger partial charge in [0.25, 0.3) is 0 Å². The molecule has 142 valence electrons. The molecule has 0 radical (unpaired) electrons. The van der Waals surface area contributed by atoms with Gasteiger partial charge >= 0.3 is 5.97 Å². The zero-order valence-electron chi connectivity index (χ0n) is 15.3. The van der Waals surface area contributed by atoms with E-state index in [1.165, 1.54) is 0 Å². The molecule has 1 aliphatic heterocycles. The van der Waals surface area contributed by atoms with E-state index < -0.39 is 5.97 Å². The summed E-state index contributed by atoms with van der Waals surface area (Å²) in [4.78, 5) is 15.9. The number of nitrogens with zero attached hydrogens (tertiary/aromatic N) is 2. The van der Waals surface area contributed by atoms with Crippen LogP contribution < -0.4 is 9.47 Å². The number of ether oxygens (including phenoxy) is 2. The van der Waals surface area contributed by atoms with Crippen LogP contribution in [0.15, 0.2) is 47.5 Å². The Morgan fingerprint density at radius 1 is 1.14 bits per heavy atom. The molecule has 1 aromatic heterocycles. The van der Waals surface area contributed by atoms with Crippen LogP contribution in [0.25, 0.3) is 5.69 Å². The molecular weight excluding hydrogens is 380 g/mol. The van der Waals surface area contributed by atoms with Gasteiger partial charge in [0.15, 0.2) is 11.5 Å². The Morgan fingerprint density at radius 3 is 2.71 bits per heavy atom. The van der Waals surface area contributed by atoms with Crippen molar-refractivity contribution in [2.45, 2.75) is 13.8 Å². The summed E-state index contributed by atoms with van der Waals surface area (Å²) in [5.41, 5.74) is 4.40. The molecule has 0 fully saturated rings. The number of carboxylic acids is 1. The standard InChI is InChI=1S/C21H17ClN2O4/c1-12-7-14(10-23-15-3-6-19-20(8-15)28-11-27-19)13(2)24(12)16-4-5-18(22)17(9-16)21(25)26/h3-10H,11H2,1-2H3,(H,25,26). The SMILES string of the molecule is Cc1cc(C=Nc2ccc3c(c2)OCO3)c(C)n1-c1ccc(Cl)c(C(=O)O)c1. The first-order valence-electron chi connectivity index (χ1n) is 8.60. The van der Waals surface area contributed by atoms with E-state index in [-0.39, 0.29) is 17.4 Å². The van der Waals surface area contributed by atoms with Gasteiger partial charge in [-0.2, -0.15) is 0 Å². The molecule has 6 nitrogen and oxygen atoms in total. The molecule has 0 bridgehead atoms. The molecule has 1 N–H and O–H groups in total. The molecule has 0 aliphatic carbocycles. The monoisotopic (exact) mass is 396 g/mol. The van der Waals surface area contributed by atoms with Gasteiger partial charge in [-0.15, -0.1) is 0 Å². The largest absolute Gasteiger partial charge is 0.478 e. The lowest BCUT2D eigenvalue weighted by atomic mass is 10.2. The maximum atomic E-state index is 11.4. The van der Waals surface area contributed by atoms with Crippen LogP contribution in [-0.4, -0.2) is 28.7 Å². The van der Waals surface area contributed by atoms with E-state index in [0.29, 0.717) is 11.5 Å². The van der Waals surface area contributed by atoms with Gasteiger partial charge in [-0.1, -0.05) is 11.6 Å². The molecule has 0 saturated carbocycles. The van der Waals surface area contributed by atoms with Crippen LogP contribution in [0.1, 0.15) is 27.3 Å². The third kappa shape index (κ3) is 3.23. The number of carboxylic acid groups (broad SMARTS) is 1. The summed E-state index contributed by atoms with van der Waals surface area (Å²) in [6, 6.07) is 12.5. The molecule has 3 aromatic rings.